The normalized spacial score (nSPS) is 29.0. The molecular formula is C12H24N2O. The van der Waals surface area contributed by atoms with Crippen LogP contribution in [0.25, 0.3) is 0 Å². The van der Waals surface area contributed by atoms with Crippen molar-refractivity contribution in [1.29, 1.82) is 0 Å². The average molecular weight is 212 g/mol. The fourth-order valence-electron chi connectivity index (χ4n) is 2.32. The Kier molecular flexibility index (Phi) is 3.65. The van der Waals surface area contributed by atoms with Gasteiger partial charge < -0.3 is 10.0 Å². The van der Waals surface area contributed by atoms with Crippen molar-refractivity contribution in [2.45, 2.75) is 38.8 Å². The molecule has 1 saturated carbocycles. The summed E-state index contributed by atoms with van der Waals surface area (Å²) in [4.78, 5) is 5.00. The molecular weight excluding hydrogens is 188 g/mol. The van der Waals surface area contributed by atoms with Crippen molar-refractivity contribution in [3.63, 3.8) is 0 Å². The molecule has 3 heteroatoms. The molecule has 0 aromatic heterocycles. The van der Waals surface area contributed by atoms with Crippen LogP contribution in [-0.4, -0.2) is 59.8 Å². The van der Waals surface area contributed by atoms with Crippen molar-refractivity contribution in [3.05, 3.63) is 0 Å². The van der Waals surface area contributed by atoms with Gasteiger partial charge in [0.05, 0.1) is 6.10 Å². The predicted molar refractivity (Wildman–Crippen MR) is 61.9 cm³/mol. The monoisotopic (exact) mass is 212 g/mol. The molecule has 0 amide bonds. The highest BCUT2D eigenvalue weighted by Crippen LogP contribution is 2.30. The van der Waals surface area contributed by atoms with Gasteiger partial charge in [0.2, 0.25) is 0 Å². The molecule has 15 heavy (non-hydrogen) atoms. The minimum atomic E-state index is -0.208. The lowest BCUT2D eigenvalue weighted by Gasteiger charge is -2.39. The summed E-state index contributed by atoms with van der Waals surface area (Å²) in [6.45, 7) is 9.96. The SMILES string of the molecule is CC(O)C(C)N1CCN(CC2CC2)CC1. The molecule has 1 saturated heterocycles. The molecule has 0 aromatic carbocycles. The van der Waals surface area contributed by atoms with Gasteiger partial charge in [-0.15, -0.1) is 0 Å². The Balaban J connectivity index is 1.70. The van der Waals surface area contributed by atoms with Gasteiger partial charge in [0, 0.05) is 38.8 Å². The van der Waals surface area contributed by atoms with E-state index in [-0.39, 0.29) is 6.10 Å². The van der Waals surface area contributed by atoms with Gasteiger partial charge in [0.1, 0.15) is 0 Å². The molecule has 2 rings (SSSR count). The third kappa shape index (κ3) is 3.16. The van der Waals surface area contributed by atoms with Crippen LogP contribution in [0.2, 0.25) is 0 Å². The smallest absolute Gasteiger partial charge is 0.0664 e. The van der Waals surface area contributed by atoms with Crippen LogP contribution in [-0.2, 0) is 0 Å². The molecule has 2 fully saturated rings. The lowest BCUT2D eigenvalue weighted by Crippen LogP contribution is -2.52. The maximum atomic E-state index is 9.54. The van der Waals surface area contributed by atoms with Gasteiger partial charge in [-0.2, -0.15) is 0 Å². The van der Waals surface area contributed by atoms with Gasteiger partial charge in [-0.1, -0.05) is 0 Å². The van der Waals surface area contributed by atoms with E-state index in [1.165, 1.54) is 32.5 Å². The summed E-state index contributed by atoms with van der Waals surface area (Å²) in [5.41, 5.74) is 0. The first kappa shape index (κ1) is 11.4. The molecule has 2 atom stereocenters. The summed E-state index contributed by atoms with van der Waals surface area (Å²) in [6, 6.07) is 0.313. The largest absolute Gasteiger partial charge is 0.392 e. The zero-order valence-electron chi connectivity index (χ0n) is 10.0. The van der Waals surface area contributed by atoms with Gasteiger partial charge in [-0.3, -0.25) is 4.90 Å². The molecule has 1 heterocycles. The highest BCUT2D eigenvalue weighted by atomic mass is 16.3. The number of piperazine rings is 1. The van der Waals surface area contributed by atoms with E-state index in [9.17, 15) is 5.11 Å². The van der Waals surface area contributed by atoms with E-state index in [0.29, 0.717) is 6.04 Å². The average Bonchev–Trinajstić information content (AvgIpc) is 3.02. The van der Waals surface area contributed by atoms with Gasteiger partial charge >= 0.3 is 0 Å². The summed E-state index contributed by atoms with van der Waals surface area (Å²) >= 11 is 0. The summed E-state index contributed by atoms with van der Waals surface area (Å²) in [5, 5.41) is 9.54. The van der Waals surface area contributed by atoms with E-state index in [0.717, 1.165) is 19.0 Å². The fourth-order valence-corrected chi connectivity index (χ4v) is 2.32. The van der Waals surface area contributed by atoms with Crippen LogP contribution in [0.4, 0.5) is 0 Å². The third-order valence-electron chi connectivity index (χ3n) is 3.89. The summed E-state index contributed by atoms with van der Waals surface area (Å²) in [7, 11) is 0. The van der Waals surface area contributed by atoms with Gasteiger partial charge in [0.15, 0.2) is 0 Å². The summed E-state index contributed by atoms with van der Waals surface area (Å²) in [5.74, 6) is 1.01. The van der Waals surface area contributed by atoms with Crippen LogP contribution in [0.3, 0.4) is 0 Å². The molecule has 1 aliphatic carbocycles. The van der Waals surface area contributed by atoms with Crippen molar-refractivity contribution in [2.75, 3.05) is 32.7 Å². The number of aliphatic hydroxyl groups is 1. The second-order valence-electron chi connectivity index (χ2n) is 5.26. The van der Waals surface area contributed by atoms with Crippen LogP contribution >= 0.6 is 0 Å². The topological polar surface area (TPSA) is 26.7 Å². The van der Waals surface area contributed by atoms with E-state index in [1.807, 2.05) is 6.92 Å². The van der Waals surface area contributed by atoms with Gasteiger partial charge in [-0.05, 0) is 32.6 Å². The Morgan fingerprint density at radius 1 is 1.13 bits per heavy atom. The molecule has 2 aliphatic rings. The lowest BCUT2D eigenvalue weighted by atomic mass is 10.1. The van der Waals surface area contributed by atoms with E-state index in [4.69, 9.17) is 0 Å². The minimum Gasteiger partial charge on any atom is -0.392 e. The molecule has 0 spiro atoms. The Labute approximate surface area is 93.1 Å². The van der Waals surface area contributed by atoms with Crippen molar-refractivity contribution in [2.24, 2.45) is 5.92 Å². The van der Waals surface area contributed by atoms with E-state index >= 15 is 0 Å². The molecule has 1 N–H and O–H groups in total. The Bertz CT molecular complexity index is 196. The molecule has 0 bridgehead atoms. The lowest BCUT2D eigenvalue weighted by molar-refractivity contribution is 0.0344. The highest BCUT2D eigenvalue weighted by molar-refractivity contribution is 4.82. The molecule has 2 unspecified atom stereocenters. The second kappa shape index (κ2) is 4.81. The third-order valence-corrected chi connectivity index (χ3v) is 3.89. The summed E-state index contributed by atoms with van der Waals surface area (Å²) < 4.78 is 0. The minimum absolute atomic E-state index is 0.208. The molecule has 0 aromatic rings. The van der Waals surface area contributed by atoms with E-state index in [1.54, 1.807) is 0 Å². The number of hydrogen-bond acceptors (Lipinski definition) is 3. The van der Waals surface area contributed by atoms with Crippen LogP contribution in [0.5, 0.6) is 0 Å². The van der Waals surface area contributed by atoms with Crippen molar-refractivity contribution in [1.82, 2.24) is 9.80 Å². The van der Waals surface area contributed by atoms with E-state index < -0.39 is 0 Å². The fraction of sp³-hybridized carbons (Fsp3) is 1.00. The van der Waals surface area contributed by atoms with Crippen molar-refractivity contribution >= 4 is 0 Å². The zero-order chi connectivity index (χ0) is 10.8. The summed E-state index contributed by atoms with van der Waals surface area (Å²) in [6.07, 6.45) is 2.69. The number of hydrogen-bond donors (Lipinski definition) is 1. The zero-order valence-corrected chi connectivity index (χ0v) is 10.0. The van der Waals surface area contributed by atoms with E-state index in [2.05, 4.69) is 16.7 Å². The van der Waals surface area contributed by atoms with Gasteiger partial charge in [0.25, 0.3) is 0 Å². The van der Waals surface area contributed by atoms with Gasteiger partial charge in [-0.25, -0.2) is 0 Å². The highest BCUT2D eigenvalue weighted by Gasteiger charge is 2.28. The second-order valence-corrected chi connectivity index (χ2v) is 5.26. The maximum Gasteiger partial charge on any atom is 0.0664 e. The Hall–Kier alpha value is -0.120. The number of nitrogens with zero attached hydrogens (tertiary/aromatic N) is 2. The van der Waals surface area contributed by atoms with Crippen molar-refractivity contribution < 1.29 is 5.11 Å². The Morgan fingerprint density at radius 3 is 2.20 bits per heavy atom. The maximum absolute atomic E-state index is 9.54. The molecule has 3 nitrogen and oxygen atoms in total. The first-order valence-electron chi connectivity index (χ1n) is 6.31. The van der Waals surface area contributed by atoms with Crippen LogP contribution in [0, 0.1) is 5.92 Å². The van der Waals surface area contributed by atoms with Crippen LogP contribution < -0.4 is 0 Å². The quantitative estimate of drug-likeness (QED) is 0.746. The van der Waals surface area contributed by atoms with Crippen LogP contribution in [0.15, 0.2) is 0 Å². The number of aliphatic hydroxyl groups excluding tert-OH is 1. The molecule has 88 valence electrons. The first-order valence-corrected chi connectivity index (χ1v) is 6.31. The Morgan fingerprint density at radius 2 is 1.73 bits per heavy atom. The van der Waals surface area contributed by atoms with Crippen LogP contribution in [0.1, 0.15) is 26.7 Å². The standard InChI is InChI=1S/C12H24N2O/c1-10(11(2)15)14-7-5-13(6-8-14)9-12-3-4-12/h10-12,15H,3-9H2,1-2H3. The number of rotatable bonds is 4. The predicted octanol–water partition coefficient (Wildman–Crippen LogP) is 0.783. The first-order chi connectivity index (χ1) is 7.16. The molecule has 0 radical (unpaired) electrons. The van der Waals surface area contributed by atoms with Crippen molar-refractivity contribution in [3.8, 4) is 0 Å². The molecule has 1 aliphatic heterocycles.